The van der Waals surface area contributed by atoms with Gasteiger partial charge in [0.05, 0.1) is 0 Å². The molecule has 1 aromatic carbocycles. The number of benzene rings is 1. The van der Waals surface area contributed by atoms with Crippen LogP contribution in [-0.4, -0.2) is 15.6 Å². The van der Waals surface area contributed by atoms with Crippen molar-refractivity contribution in [2.45, 2.75) is 6.54 Å². The Bertz CT molecular complexity index is 462. The number of carbonyl (C=O) groups is 1. The molecule has 0 aliphatic carbocycles. The number of rotatable bonds is 3. The van der Waals surface area contributed by atoms with Gasteiger partial charge in [-0.1, -0.05) is 30.3 Å². The molecule has 4 heteroatoms. The molecule has 0 aliphatic rings. The molecule has 1 heterocycles. The maximum atomic E-state index is 11.7. The number of nitrogens with zero attached hydrogens (tertiary/aromatic N) is 2. The normalized spacial score (nSPS) is 10.1. The molecule has 2 N–H and O–H groups in total. The average molecular weight is 201 g/mol. The van der Waals surface area contributed by atoms with Crippen molar-refractivity contribution in [3.8, 4) is 0 Å². The number of hydrogen-bond donors (Lipinski definition) is 1. The molecule has 76 valence electrons. The Morgan fingerprint density at radius 3 is 2.60 bits per heavy atom. The van der Waals surface area contributed by atoms with Crippen LogP contribution in [0.15, 0.2) is 42.6 Å². The molecule has 0 saturated heterocycles. The minimum absolute atomic E-state index is 0.0266. The molecule has 2 rings (SSSR count). The van der Waals surface area contributed by atoms with Crippen LogP contribution in [0, 0.1) is 0 Å². The second-order valence-corrected chi connectivity index (χ2v) is 3.23. The highest BCUT2D eigenvalue weighted by atomic mass is 16.1. The lowest BCUT2D eigenvalue weighted by atomic mass is 10.1. The summed E-state index contributed by atoms with van der Waals surface area (Å²) in [6.45, 7) is 0.223. The topological polar surface area (TPSA) is 60.9 Å². The van der Waals surface area contributed by atoms with Gasteiger partial charge in [-0.25, -0.2) is 0 Å². The fourth-order valence-electron chi connectivity index (χ4n) is 1.33. The van der Waals surface area contributed by atoms with Crippen molar-refractivity contribution in [2.75, 3.05) is 5.73 Å². The molecule has 2 aromatic rings. The Morgan fingerprint density at radius 1 is 1.27 bits per heavy atom. The standard InChI is InChI=1S/C11H11N3O/c12-11-6-7-14(13-11)8-10(15)9-4-2-1-3-5-9/h1-7H,8H2,(H2,12,13). The number of nitrogen functional groups attached to an aromatic ring is 1. The van der Waals surface area contributed by atoms with Gasteiger partial charge in [0.25, 0.3) is 0 Å². The lowest BCUT2D eigenvalue weighted by Crippen LogP contribution is -2.10. The predicted octanol–water partition coefficient (Wildman–Crippen LogP) is 1.35. The Morgan fingerprint density at radius 2 is 2.00 bits per heavy atom. The zero-order chi connectivity index (χ0) is 10.7. The van der Waals surface area contributed by atoms with Crippen LogP contribution in [0.25, 0.3) is 0 Å². The molecule has 1 aromatic heterocycles. The fraction of sp³-hybridized carbons (Fsp3) is 0.0909. The van der Waals surface area contributed by atoms with Crippen LogP contribution in [0.3, 0.4) is 0 Å². The van der Waals surface area contributed by atoms with Crippen molar-refractivity contribution in [3.05, 3.63) is 48.2 Å². The van der Waals surface area contributed by atoms with Gasteiger partial charge in [0.15, 0.2) is 5.78 Å². The number of hydrogen-bond acceptors (Lipinski definition) is 3. The number of carbonyl (C=O) groups excluding carboxylic acids is 1. The first kappa shape index (κ1) is 9.45. The number of Topliss-reactive ketones (excluding diaryl/α,β-unsaturated/α-hetero) is 1. The molecule has 0 amide bonds. The van der Waals surface area contributed by atoms with Crippen LogP contribution in [0.2, 0.25) is 0 Å². The van der Waals surface area contributed by atoms with Crippen molar-refractivity contribution < 1.29 is 4.79 Å². The van der Waals surface area contributed by atoms with Gasteiger partial charge < -0.3 is 5.73 Å². The largest absolute Gasteiger partial charge is 0.382 e. The molecule has 0 saturated carbocycles. The summed E-state index contributed by atoms with van der Waals surface area (Å²) in [6.07, 6.45) is 1.69. The zero-order valence-corrected chi connectivity index (χ0v) is 8.13. The third kappa shape index (κ3) is 2.22. The van der Waals surface area contributed by atoms with E-state index in [-0.39, 0.29) is 12.3 Å². The highest BCUT2D eigenvalue weighted by Gasteiger charge is 2.06. The molecule has 0 atom stereocenters. The average Bonchev–Trinajstić information content (AvgIpc) is 2.65. The summed E-state index contributed by atoms with van der Waals surface area (Å²) in [4.78, 5) is 11.7. The lowest BCUT2D eigenvalue weighted by Gasteiger charge is -2.00. The van der Waals surface area contributed by atoms with Gasteiger partial charge in [0.2, 0.25) is 0 Å². The summed E-state index contributed by atoms with van der Waals surface area (Å²) in [6, 6.07) is 10.8. The molecule has 0 unspecified atom stereocenters. The SMILES string of the molecule is Nc1ccn(CC(=O)c2ccccc2)n1. The van der Waals surface area contributed by atoms with E-state index in [0.717, 1.165) is 0 Å². The summed E-state index contributed by atoms with van der Waals surface area (Å²) in [5, 5.41) is 3.95. The van der Waals surface area contributed by atoms with E-state index in [1.165, 1.54) is 4.68 Å². The highest BCUT2D eigenvalue weighted by molar-refractivity contribution is 5.95. The first-order chi connectivity index (χ1) is 7.25. The minimum Gasteiger partial charge on any atom is -0.382 e. The number of ketones is 1. The molecule has 0 bridgehead atoms. The first-order valence-corrected chi connectivity index (χ1v) is 4.63. The van der Waals surface area contributed by atoms with Crippen LogP contribution in [0.5, 0.6) is 0 Å². The number of aromatic nitrogens is 2. The van der Waals surface area contributed by atoms with Gasteiger partial charge >= 0.3 is 0 Å². The van der Waals surface area contributed by atoms with Gasteiger partial charge in [-0.3, -0.25) is 9.48 Å². The van der Waals surface area contributed by atoms with Crippen molar-refractivity contribution >= 4 is 11.6 Å². The van der Waals surface area contributed by atoms with Crippen LogP contribution in [0.1, 0.15) is 10.4 Å². The Kier molecular flexibility index (Phi) is 2.49. The fourth-order valence-corrected chi connectivity index (χ4v) is 1.33. The van der Waals surface area contributed by atoms with Crippen LogP contribution in [-0.2, 0) is 6.54 Å². The summed E-state index contributed by atoms with van der Waals surface area (Å²) in [5.74, 6) is 0.453. The molecule has 0 fully saturated rings. The van der Waals surface area contributed by atoms with Crippen molar-refractivity contribution in [3.63, 3.8) is 0 Å². The Labute approximate surface area is 87.3 Å². The molecule has 0 radical (unpaired) electrons. The first-order valence-electron chi connectivity index (χ1n) is 4.63. The Balaban J connectivity index is 2.11. The van der Waals surface area contributed by atoms with Crippen molar-refractivity contribution in [1.29, 1.82) is 0 Å². The summed E-state index contributed by atoms with van der Waals surface area (Å²) >= 11 is 0. The van der Waals surface area contributed by atoms with Crippen LogP contribution in [0.4, 0.5) is 5.82 Å². The van der Waals surface area contributed by atoms with E-state index in [2.05, 4.69) is 5.10 Å². The smallest absolute Gasteiger partial charge is 0.184 e. The van der Waals surface area contributed by atoms with E-state index < -0.39 is 0 Å². The molecular weight excluding hydrogens is 190 g/mol. The second kappa shape index (κ2) is 3.96. The van der Waals surface area contributed by atoms with Crippen LogP contribution < -0.4 is 5.73 Å². The van der Waals surface area contributed by atoms with Gasteiger partial charge in [-0.15, -0.1) is 0 Å². The highest BCUT2D eigenvalue weighted by Crippen LogP contribution is 2.03. The molecule has 4 nitrogen and oxygen atoms in total. The van der Waals surface area contributed by atoms with E-state index in [9.17, 15) is 4.79 Å². The third-order valence-corrected chi connectivity index (χ3v) is 2.06. The maximum absolute atomic E-state index is 11.7. The zero-order valence-electron chi connectivity index (χ0n) is 8.13. The van der Waals surface area contributed by atoms with E-state index in [0.29, 0.717) is 11.4 Å². The molecule has 15 heavy (non-hydrogen) atoms. The van der Waals surface area contributed by atoms with Gasteiger partial charge in [0.1, 0.15) is 12.4 Å². The molecular formula is C11H11N3O. The summed E-state index contributed by atoms with van der Waals surface area (Å²) in [5.41, 5.74) is 6.14. The van der Waals surface area contributed by atoms with Crippen LogP contribution >= 0.6 is 0 Å². The van der Waals surface area contributed by atoms with E-state index in [1.54, 1.807) is 24.4 Å². The van der Waals surface area contributed by atoms with E-state index >= 15 is 0 Å². The third-order valence-electron chi connectivity index (χ3n) is 2.06. The lowest BCUT2D eigenvalue weighted by molar-refractivity contribution is 0.0968. The van der Waals surface area contributed by atoms with Crippen molar-refractivity contribution in [2.24, 2.45) is 0 Å². The Hall–Kier alpha value is -2.10. The molecule has 0 aliphatic heterocycles. The number of nitrogens with two attached hydrogens (primary N) is 1. The maximum Gasteiger partial charge on any atom is 0.184 e. The minimum atomic E-state index is 0.0266. The quantitative estimate of drug-likeness (QED) is 0.762. The van der Waals surface area contributed by atoms with Gasteiger partial charge in [-0.2, -0.15) is 5.10 Å². The second-order valence-electron chi connectivity index (χ2n) is 3.23. The molecule has 0 spiro atoms. The van der Waals surface area contributed by atoms with E-state index in [4.69, 9.17) is 5.73 Å². The summed E-state index contributed by atoms with van der Waals surface area (Å²) in [7, 11) is 0. The van der Waals surface area contributed by atoms with Gasteiger partial charge in [0, 0.05) is 11.8 Å². The van der Waals surface area contributed by atoms with E-state index in [1.807, 2.05) is 18.2 Å². The number of anilines is 1. The van der Waals surface area contributed by atoms with Crippen molar-refractivity contribution in [1.82, 2.24) is 9.78 Å². The summed E-state index contributed by atoms with van der Waals surface area (Å²) < 4.78 is 1.53. The van der Waals surface area contributed by atoms with Gasteiger partial charge in [-0.05, 0) is 6.07 Å². The monoisotopic (exact) mass is 201 g/mol. The predicted molar refractivity (Wildman–Crippen MR) is 57.4 cm³/mol.